The maximum absolute atomic E-state index is 13.1. The van der Waals surface area contributed by atoms with E-state index >= 15 is 0 Å². The molecule has 2 aromatic heterocycles. The lowest BCUT2D eigenvalue weighted by atomic mass is 10.1. The van der Waals surface area contributed by atoms with Gasteiger partial charge in [-0.05, 0) is 45.4 Å². The predicted octanol–water partition coefficient (Wildman–Crippen LogP) is 2.60. The van der Waals surface area contributed by atoms with E-state index in [1.54, 1.807) is 29.9 Å². The molecule has 0 aliphatic carbocycles. The van der Waals surface area contributed by atoms with Crippen LogP contribution in [0.25, 0.3) is 10.9 Å². The normalized spacial score (nSPS) is 14.2. The molecule has 3 aromatic rings. The molecule has 1 aliphatic rings. The van der Waals surface area contributed by atoms with Gasteiger partial charge in [-0.3, -0.25) is 14.4 Å². The number of pyridine rings is 1. The lowest BCUT2D eigenvalue weighted by Crippen LogP contribution is -2.48. The van der Waals surface area contributed by atoms with Gasteiger partial charge in [0, 0.05) is 31.3 Å². The molecular weight excluding hydrogens is 426 g/mol. The standard InChI is InChI=1S/C24H27N3O6/c1-4-27-12-18(22(28)17-10-20-21(11-19(17)27)33-13-32-20)24(30)26-15(3)23(29)25-14(2)7-8-16-6-5-9-31-16/h5-6,9-12,14-15H,4,7-8,13H2,1-3H3,(H,25,29)(H,26,30)/t14-,15+/m0/s1. The number of amides is 2. The average Bonchev–Trinajstić information content (AvgIpc) is 3.48. The van der Waals surface area contributed by atoms with Crippen molar-refractivity contribution in [2.24, 2.45) is 0 Å². The first-order valence-corrected chi connectivity index (χ1v) is 11.0. The Morgan fingerprint density at radius 2 is 1.91 bits per heavy atom. The van der Waals surface area contributed by atoms with E-state index < -0.39 is 17.4 Å². The van der Waals surface area contributed by atoms with E-state index in [0.29, 0.717) is 41.8 Å². The summed E-state index contributed by atoms with van der Waals surface area (Å²) in [6.45, 7) is 6.02. The number of furan rings is 1. The van der Waals surface area contributed by atoms with Gasteiger partial charge in [-0.2, -0.15) is 0 Å². The van der Waals surface area contributed by atoms with Crippen LogP contribution in [-0.2, 0) is 17.8 Å². The van der Waals surface area contributed by atoms with Crippen LogP contribution in [0.4, 0.5) is 0 Å². The van der Waals surface area contributed by atoms with Gasteiger partial charge in [0.2, 0.25) is 18.1 Å². The summed E-state index contributed by atoms with van der Waals surface area (Å²) < 4.78 is 17.9. The summed E-state index contributed by atoms with van der Waals surface area (Å²) >= 11 is 0. The third-order valence-corrected chi connectivity index (χ3v) is 5.69. The third-order valence-electron chi connectivity index (χ3n) is 5.69. The highest BCUT2D eigenvalue weighted by atomic mass is 16.7. The first-order chi connectivity index (χ1) is 15.9. The Morgan fingerprint density at radius 3 is 2.61 bits per heavy atom. The molecule has 0 radical (unpaired) electrons. The molecule has 0 spiro atoms. The molecule has 9 heteroatoms. The van der Waals surface area contributed by atoms with Gasteiger partial charge in [-0.25, -0.2) is 0 Å². The summed E-state index contributed by atoms with van der Waals surface area (Å²) in [5.74, 6) is 0.954. The van der Waals surface area contributed by atoms with Crippen LogP contribution in [0.2, 0.25) is 0 Å². The number of fused-ring (bicyclic) bond motifs is 2. The molecule has 1 aromatic carbocycles. The van der Waals surface area contributed by atoms with E-state index in [-0.39, 0.29) is 24.3 Å². The fraction of sp³-hybridized carbons (Fsp3) is 0.375. The highest BCUT2D eigenvalue weighted by molar-refractivity contribution is 6.00. The first-order valence-electron chi connectivity index (χ1n) is 11.0. The molecule has 0 saturated heterocycles. The summed E-state index contributed by atoms with van der Waals surface area (Å²) in [4.78, 5) is 38.6. The molecule has 2 atom stereocenters. The van der Waals surface area contributed by atoms with Gasteiger partial charge in [0.25, 0.3) is 5.91 Å². The minimum atomic E-state index is -0.814. The number of hydrogen-bond donors (Lipinski definition) is 2. The van der Waals surface area contributed by atoms with Crippen molar-refractivity contribution < 1.29 is 23.5 Å². The number of carbonyl (C=O) groups is 2. The topological polar surface area (TPSA) is 112 Å². The van der Waals surface area contributed by atoms with Crippen LogP contribution < -0.4 is 25.5 Å². The molecule has 4 rings (SSSR count). The molecule has 0 unspecified atom stereocenters. The molecule has 2 amide bonds. The van der Waals surface area contributed by atoms with E-state index in [1.165, 1.54) is 6.20 Å². The number of nitrogens with one attached hydrogen (secondary N) is 2. The maximum atomic E-state index is 13.1. The molecule has 33 heavy (non-hydrogen) atoms. The maximum Gasteiger partial charge on any atom is 0.257 e. The molecule has 2 N–H and O–H groups in total. The van der Waals surface area contributed by atoms with Crippen molar-refractivity contribution in [3.8, 4) is 11.5 Å². The van der Waals surface area contributed by atoms with Gasteiger partial charge in [-0.1, -0.05) is 0 Å². The second-order valence-corrected chi connectivity index (χ2v) is 8.10. The van der Waals surface area contributed by atoms with Crippen LogP contribution in [0.15, 0.2) is 45.9 Å². The lowest BCUT2D eigenvalue weighted by molar-refractivity contribution is -0.123. The molecule has 0 saturated carbocycles. The number of hydrogen-bond acceptors (Lipinski definition) is 6. The van der Waals surface area contributed by atoms with Gasteiger partial charge in [0.15, 0.2) is 11.5 Å². The Labute approximate surface area is 190 Å². The second kappa shape index (κ2) is 9.40. The van der Waals surface area contributed by atoms with E-state index in [1.807, 2.05) is 26.0 Å². The van der Waals surface area contributed by atoms with Crippen molar-refractivity contribution in [2.45, 2.75) is 52.2 Å². The van der Waals surface area contributed by atoms with Crippen molar-refractivity contribution in [1.82, 2.24) is 15.2 Å². The first kappa shape index (κ1) is 22.4. The Bertz CT molecular complexity index is 1230. The average molecular weight is 453 g/mol. The summed E-state index contributed by atoms with van der Waals surface area (Å²) in [7, 11) is 0. The summed E-state index contributed by atoms with van der Waals surface area (Å²) in [6.07, 6.45) is 4.52. The minimum absolute atomic E-state index is 0.0336. The van der Waals surface area contributed by atoms with Gasteiger partial charge in [0.1, 0.15) is 17.4 Å². The zero-order valence-electron chi connectivity index (χ0n) is 18.8. The molecule has 0 bridgehead atoms. The van der Waals surface area contributed by atoms with Crippen molar-refractivity contribution in [3.05, 3.63) is 58.3 Å². The summed E-state index contributed by atoms with van der Waals surface area (Å²) in [5.41, 5.74) is 0.193. The SMILES string of the molecule is CCn1cc(C(=O)N[C@H](C)C(=O)N[C@@H](C)CCc2ccco2)c(=O)c2cc3c(cc21)OCO3. The van der Waals surface area contributed by atoms with Crippen molar-refractivity contribution in [3.63, 3.8) is 0 Å². The van der Waals surface area contributed by atoms with Crippen molar-refractivity contribution in [1.29, 1.82) is 0 Å². The number of aromatic nitrogens is 1. The zero-order chi connectivity index (χ0) is 23.5. The fourth-order valence-electron chi connectivity index (χ4n) is 3.80. The van der Waals surface area contributed by atoms with Crippen LogP contribution in [-0.4, -0.2) is 35.3 Å². The highest BCUT2D eigenvalue weighted by Crippen LogP contribution is 2.35. The quantitative estimate of drug-likeness (QED) is 0.542. The summed E-state index contributed by atoms with van der Waals surface area (Å²) in [5, 5.41) is 5.88. The van der Waals surface area contributed by atoms with Crippen LogP contribution >= 0.6 is 0 Å². The highest BCUT2D eigenvalue weighted by Gasteiger charge is 2.23. The largest absolute Gasteiger partial charge is 0.469 e. The van der Waals surface area contributed by atoms with Gasteiger partial charge in [-0.15, -0.1) is 0 Å². The molecule has 174 valence electrons. The number of rotatable bonds is 8. The smallest absolute Gasteiger partial charge is 0.257 e. The fourth-order valence-corrected chi connectivity index (χ4v) is 3.80. The Balaban J connectivity index is 1.46. The van der Waals surface area contributed by atoms with Crippen LogP contribution in [0, 0.1) is 0 Å². The monoisotopic (exact) mass is 453 g/mol. The van der Waals surface area contributed by atoms with E-state index in [9.17, 15) is 14.4 Å². The third kappa shape index (κ3) is 4.72. The van der Waals surface area contributed by atoms with Crippen LogP contribution in [0.5, 0.6) is 11.5 Å². The molecule has 3 heterocycles. The molecule has 0 fully saturated rings. The molecule has 1 aliphatic heterocycles. The number of carbonyl (C=O) groups excluding carboxylic acids is 2. The number of ether oxygens (including phenoxy) is 2. The number of nitrogens with zero attached hydrogens (tertiary/aromatic N) is 1. The van der Waals surface area contributed by atoms with E-state index in [2.05, 4.69) is 10.6 Å². The van der Waals surface area contributed by atoms with Crippen LogP contribution in [0.1, 0.15) is 43.3 Å². The van der Waals surface area contributed by atoms with E-state index in [4.69, 9.17) is 13.9 Å². The summed E-state index contributed by atoms with van der Waals surface area (Å²) in [6, 6.07) is 6.13. The van der Waals surface area contributed by atoms with Gasteiger partial charge >= 0.3 is 0 Å². The van der Waals surface area contributed by atoms with Crippen LogP contribution in [0.3, 0.4) is 0 Å². The minimum Gasteiger partial charge on any atom is -0.469 e. The molecular formula is C24H27N3O6. The Hall–Kier alpha value is -3.75. The lowest BCUT2D eigenvalue weighted by Gasteiger charge is -2.19. The second-order valence-electron chi connectivity index (χ2n) is 8.10. The number of benzene rings is 1. The number of aryl methyl sites for hydroxylation is 2. The molecule has 9 nitrogen and oxygen atoms in total. The Kier molecular flexibility index (Phi) is 6.39. The zero-order valence-corrected chi connectivity index (χ0v) is 18.8. The van der Waals surface area contributed by atoms with Gasteiger partial charge < -0.3 is 29.1 Å². The predicted molar refractivity (Wildman–Crippen MR) is 122 cm³/mol. The van der Waals surface area contributed by atoms with E-state index in [0.717, 1.165) is 5.76 Å². The Morgan fingerprint density at radius 1 is 1.15 bits per heavy atom. The van der Waals surface area contributed by atoms with Crippen molar-refractivity contribution >= 4 is 22.7 Å². The van der Waals surface area contributed by atoms with Crippen molar-refractivity contribution in [2.75, 3.05) is 6.79 Å². The van der Waals surface area contributed by atoms with Gasteiger partial charge in [0.05, 0.1) is 17.2 Å².